The van der Waals surface area contributed by atoms with Crippen LogP contribution in [0.3, 0.4) is 0 Å². The minimum Gasteiger partial charge on any atom is -0.465 e. The largest absolute Gasteiger partial charge is 0.465 e. The number of para-hydroxylation sites is 1. The number of hydrogen-bond acceptors (Lipinski definition) is 5. The Labute approximate surface area is 165 Å². The molecule has 7 nitrogen and oxygen atoms in total. The Morgan fingerprint density at radius 2 is 1.75 bits per heavy atom. The molecule has 0 radical (unpaired) electrons. The van der Waals surface area contributed by atoms with Gasteiger partial charge in [-0.25, -0.2) is 9.59 Å². The first kappa shape index (κ1) is 19.4. The normalized spacial score (nSPS) is 10.5. The molecular weight excluding hydrogens is 384 g/mol. The van der Waals surface area contributed by atoms with E-state index in [0.29, 0.717) is 22.2 Å². The van der Waals surface area contributed by atoms with E-state index in [9.17, 15) is 14.4 Å². The fourth-order valence-electron chi connectivity index (χ4n) is 2.86. The molecular formula is C20H17ClN2O5. The van der Waals surface area contributed by atoms with Crippen molar-refractivity contribution in [2.24, 2.45) is 0 Å². The number of carbonyl (C=O) groups excluding carboxylic acids is 3. The van der Waals surface area contributed by atoms with Crippen LogP contribution in [0.1, 0.15) is 20.7 Å². The average molecular weight is 401 g/mol. The predicted molar refractivity (Wildman–Crippen MR) is 105 cm³/mol. The fourth-order valence-corrected chi connectivity index (χ4v) is 3.03. The first-order valence-corrected chi connectivity index (χ1v) is 8.66. The Bertz CT molecular complexity index is 1070. The average Bonchev–Trinajstić information content (AvgIpc) is 3.07. The van der Waals surface area contributed by atoms with E-state index in [-0.39, 0.29) is 23.0 Å². The highest BCUT2D eigenvalue weighted by atomic mass is 35.5. The number of ether oxygens (including phenoxy) is 2. The zero-order valence-electron chi connectivity index (χ0n) is 15.2. The van der Waals surface area contributed by atoms with Crippen molar-refractivity contribution < 1.29 is 23.9 Å². The number of rotatable bonds is 5. The summed E-state index contributed by atoms with van der Waals surface area (Å²) in [4.78, 5) is 36.2. The number of nitrogens with zero attached hydrogens (tertiary/aromatic N) is 1. The van der Waals surface area contributed by atoms with Crippen molar-refractivity contribution in [3.63, 3.8) is 0 Å². The lowest BCUT2D eigenvalue weighted by Gasteiger charge is -2.10. The van der Waals surface area contributed by atoms with Crippen LogP contribution in [0.25, 0.3) is 10.9 Å². The molecule has 1 N–H and O–H groups in total. The predicted octanol–water partition coefficient (Wildman–Crippen LogP) is 3.51. The summed E-state index contributed by atoms with van der Waals surface area (Å²) < 4.78 is 11.1. The molecule has 28 heavy (non-hydrogen) atoms. The molecule has 144 valence electrons. The van der Waals surface area contributed by atoms with E-state index in [1.807, 2.05) is 6.07 Å². The third-order valence-electron chi connectivity index (χ3n) is 4.17. The van der Waals surface area contributed by atoms with Gasteiger partial charge in [0.15, 0.2) is 0 Å². The van der Waals surface area contributed by atoms with Crippen LogP contribution in [0.2, 0.25) is 5.02 Å². The van der Waals surface area contributed by atoms with Gasteiger partial charge in [-0.1, -0.05) is 29.8 Å². The number of nitrogens with one attached hydrogen (secondary N) is 1. The van der Waals surface area contributed by atoms with E-state index in [0.717, 1.165) is 0 Å². The second kappa shape index (κ2) is 8.14. The van der Waals surface area contributed by atoms with E-state index in [4.69, 9.17) is 16.3 Å². The van der Waals surface area contributed by atoms with Crippen molar-refractivity contribution in [3.05, 3.63) is 64.8 Å². The number of fused-ring (bicyclic) bond motifs is 1. The Hall–Kier alpha value is -3.32. The van der Waals surface area contributed by atoms with E-state index in [1.54, 1.807) is 29.0 Å². The highest BCUT2D eigenvalue weighted by Gasteiger charge is 2.17. The standard InChI is InChI=1S/C20H17ClN2O5/c1-27-19(25)12-7-8-15(21)16(9-12)22-18(24)11-23-10-14(20(26)28-2)13-5-3-4-6-17(13)23/h3-10H,11H2,1-2H3,(H,22,24). The highest BCUT2D eigenvalue weighted by molar-refractivity contribution is 6.33. The SMILES string of the molecule is COC(=O)c1ccc(Cl)c(NC(=O)Cn2cc(C(=O)OC)c3ccccc32)c1. The number of anilines is 1. The summed E-state index contributed by atoms with van der Waals surface area (Å²) in [5.41, 5.74) is 1.64. The summed E-state index contributed by atoms with van der Waals surface area (Å²) in [5, 5.41) is 3.65. The van der Waals surface area contributed by atoms with Crippen LogP contribution >= 0.6 is 11.6 Å². The Morgan fingerprint density at radius 3 is 2.46 bits per heavy atom. The van der Waals surface area contributed by atoms with Gasteiger partial charge in [0.1, 0.15) is 6.54 Å². The molecule has 1 amide bonds. The Balaban J connectivity index is 1.86. The molecule has 0 aliphatic rings. The molecule has 0 aliphatic heterocycles. The topological polar surface area (TPSA) is 86.6 Å². The Morgan fingerprint density at radius 1 is 1.04 bits per heavy atom. The Kier molecular flexibility index (Phi) is 5.65. The molecule has 0 spiro atoms. The molecule has 0 atom stereocenters. The first-order chi connectivity index (χ1) is 13.4. The van der Waals surface area contributed by atoms with Gasteiger partial charge in [-0.2, -0.15) is 0 Å². The van der Waals surface area contributed by atoms with Crippen molar-refractivity contribution in [1.82, 2.24) is 4.57 Å². The number of hydrogen-bond donors (Lipinski definition) is 1. The molecule has 8 heteroatoms. The molecule has 0 saturated heterocycles. The molecule has 3 rings (SSSR count). The van der Waals surface area contributed by atoms with E-state index < -0.39 is 11.9 Å². The molecule has 2 aromatic carbocycles. The minimum absolute atomic E-state index is 0.0592. The minimum atomic E-state index is -0.536. The van der Waals surface area contributed by atoms with Crippen LogP contribution in [0.4, 0.5) is 5.69 Å². The first-order valence-electron chi connectivity index (χ1n) is 8.28. The third-order valence-corrected chi connectivity index (χ3v) is 4.50. The van der Waals surface area contributed by atoms with Crippen LogP contribution in [-0.4, -0.2) is 36.6 Å². The second-order valence-corrected chi connectivity index (χ2v) is 6.32. The maximum Gasteiger partial charge on any atom is 0.340 e. The molecule has 0 bridgehead atoms. The van der Waals surface area contributed by atoms with Gasteiger partial charge in [0.05, 0.1) is 36.1 Å². The number of methoxy groups -OCH3 is 2. The summed E-state index contributed by atoms with van der Waals surface area (Å²) in [6.07, 6.45) is 1.57. The summed E-state index contributed by atoms with van der Waals surface area (Å²) in [6, 6.07) is 11.7. The maximum absolute atomic E-state index is 12.6. The van der Waals surface area contributed by atoms with Gasteiger partial charge in [0, 0.05) is 17.1 Å². The van der Waals surface area contributed by atoms with Gasteiger partial charge < -0.3 is 19.4 Å². The van der Waals surface area contributed by atoms with Crippen LogP contribution in [0.5, 0.6) is 0 Å². The molecule has 3 aromatic rings. The number of esters is 2. The van der Waals surface area contributed by atoms with Crippen LogP contribution < -0.4 is 5.32 Å². The molecule has 0 aliphatic carbocycles. The lowest BCUT2D eigenvalue weighted by atomic mass is 10.2. The summed E-state index contributed by atoms with van der Waals surface area (Å²) in [6.45, 7) is -0.0592. The molecule has 1 aromatic heterocycles. The van der Waals surface area contributed by atoms with Gasteiger partial charge in [-0.05, 0) is 24.3 Å². The smallest absolute Gasteiger partial charge is 0.340 e. The van der Waals surface area contributed by atoms with Gasteiger partial charge in [-0.3, -0.25) is 4.79 Å². The van der Waals surface area contributed by atoms with Gasteiger partial charge >= 0.3 is 11.9 Å². The molecule has 1 heterocycles. The fraction of sp³-hybridized carbons (Fsp3) is 0.150. The monoisotopic (exact) mass is 400 g/mol. The van der Waals surface area contributed by atoms with Crippen LogP contribution in [-0.2, 0) is 20.8 Å². The summed E-state index contributed by atoms with van der Waals surface area (Å²) >= 11 is 6.12. The molecule has 0 saturated carbocycles. The van der Waals surface area contributed by atoms with Crippen LogP contribution in [0.15, 0.2) is 48.7 Å². The van der Waals surface area contributed by atoms with Gasteiger partial charge in [0.25, 0.3) is 0 Å². The molecule has 0 unspecified atom stereocenters. The van der Waals surface area contributed by atoms with Crippen molar-refractivity contribution >= 4 is 46.0 Å². The van der Waals surface area contributed by atoms with Gasteiger partial charge in [-0.15, -0.1) is 0 Å². The summed E-state index contributed by atoms with van der Waals surface area (Å²) in [7, 11) is 2.57. The zero-order valence-corrected chi connectivity index (χ0v) is 15.9. The summed E-state index contributed by atoms with van der Waals surface area (Å²) in [5.74, 6) is -1.39. The third kappa shape index (κ3) is 3.84. The number of aromatic nitrogens is 1. The number of carbonyl (C=O) groups is 3. The lowest BCUT2D eigenvalue weighted by molar-refractivity contribution is -0.116. The van der Waals surface area contributed by atoms with E-state index >= 15 is 0 Å². The van der Waals surface area contributed by atoms with E-state index in [1.165, 1.54) is 32.4 Å². The lowest BCUT2D eigenvalue weighted by Crippen LogP contribution is -2.19. The van der Waals surface area contributed by atoms with Crippen molar-refractivity contribution in [2.45, 2.75) is 6.54 Å². The maximum atomic E-state index is 12.6. The van der Waals surface area contributed by atoms with Crippen molar-refractivity contribution in [2.75, 3.05) is 19.5 Å². The number of amides is 1. The highest BCUT2D eigenvalue weighted by Crippen LogP contribution is 2.25. The van der Waals surface area contributed by atoms with Crippen molar-refractivity contribution in [1.29, 1.82) is 0 Å². The van der Waals surface area contributed by atoms with Crippen molar-refractivity contribution in [3.8, 4) is 0 Å². The second-order valence-electron chi connectivity index (χ2n) is 5.91. The van der Waals surface area contributed by atoms with Crippen LogP contribution in [0, 0.1) is 0 Å². The number of halogens is 1. The number of benzene rings is 2. The zero-order chi connectivity index (χ0) is 20.3. The van der Waals surface area contributed by atoms with Gasteiger partial charge in [0.2, 0.25) is 5.91 Å². The van der Waals surface area contributed by atoms with E-state index in [2.05, 4.69) is 10.1 Å². The quantitative estimate of drug-likeness (QED) is 0.662. The molecule has 0 fully saturated rings.